The fourth-order valence-electron chi connectivity index (χ4n) is 5.57. The van der Waals surface area contributed by atoms with Gasteiger partial charge in [0.1, 0.15) is 35.1 Å². The van der Waals surface area contributed by atoms with Crippen LogP contribution in [-0.4, -0.2) is 90.1 Å². The van der Waals surface area contributed by atoms with Gasteiger partial charge in [-0.05, 0) is 83.6 Å². The average molecular weight is 665 g/mol. The molecule has 2 aromatic rings. The summed E-state index contributed by atoms with van der Waals surface area (Å²) in [6.45, 7) is 9.12. The summed E-state index contributed by atoms with van der Waals surface area (Å²) in [6.07, 6.45) is 1.48. The predicted octanol–water partition coefficient (Wildman–Crippen LogP) is 3.10. The standard InChI is InChI=1S/C36H48N4O8/c1-23(37-33(44)29-13-10-20-40(29)34(45)48-35(2,3)4)31(42)39-28(21-25-14-17-26(46-6)18-15-25)32(43)38-27(30(41)36(5)22-47-36)19-16-24-11-8-7-9-12-24/h7-9,11-12,14-15,17-18,23,27-29H,10,13,16,19-22H2,1-6H3,(H,37,44)(H,38,43)(H,39,42)/t23-,27-,28-,29-,36+/m0/s1. The molecule has 0 bridgehead atoms. The summed E-state index contributed by atoms with van der Waals surface area (Å²) in [7, 11) is 1.55. The molecule has 0 aromatic heterocycles. The number of carbonyl (C=O) groups excluding carboxylic acids is 5. The van der Waals surface area contributed by atoms with Crippen LogP contribution < -0.4 is 20.7 Å². The SMILES string of the molecule is COc1ccc(C[C@H](NC(=O)[C@H](C)NC(=O)[C@@H]2CCCN2C(=O)OC(C)(C)C)C(=O)N[C@@H](CCc2ccccc2)C(=O)[C@@]2(C)CO2)cc1. The zero-order valence-corrected chi connectivity index (χ0v) is 28.7. The first-order valence-electron chi connectivity index (χ1n) is 16.4. The van der Waals surface area contributed by atoms with Crippen LogP contribution in [-0.2, 0) is 41.5 Å². The summed E-state index contributed by atoms with van der Waals surface area (Å²) in [4.78, 5) is 68.1. The second-order valence-corrected chi connectivity index (χ2v) is 13.6. The van der Waals surface area contributed by atoms with Crippen LogP contribution in [0.4, 0.5) is 4.79 Å². The molecule has 2 saturated heterocycles. The third-order valence-corrected chi connectivity index (χ3v) is 8.46. The van der Waals surface area contributed by atoms with E-state index in [4.69, 9.17) is 14.2 Å². The molecule has 48 heavy (non-hydrogen) atoms. The van der Waals surface area contributed by atoms with E-state index in [-0.39, 0.29) is 18.8 Å². The first kappa shape index (κ1) is 36.4. The van der Waals surface area contributed by atoms with Crippen LogP contribution in [0.3, 0.4) is 0 Å². The molecule has 0 spiro atoms. The van der Waals surface area contributed by atoms with Gasteiger partial charge >= 0.3 is 6.09 Å². The smallest absolute Gasteiger partial charge is 0.410 e. The van der Waals surface area contributed by atoms with Crippen LogP contribution in [0.5, 0.6) is 5.75 Å². The first-order valence-corrected chi connectivity index (χ1v) is 16.4. The van der Waals surface area contributed by atoms with Crippen molar-refractivity contribution < 1.29 is 38.2 Å². The van der Waals surface area contributed by atoms with Crippen molar-refractivity contribution in [1.29, 1.82) is 0 Å². The van der Waals surface area contributed by atoms with E-state index in [0.717, 1.165) is 11.1 Å². The highest BCUT2D eigenvalue weighted by atomic mass is 16.6. The average Bonchev–Trinajstić information content (AvgIpc) is 3.60. The maximum absolute atomic E-state index is 13.9. The number of epoxide rings is 1. The number of aryl methyl sites for hydroxylation is 1. The number of ether oxygens (including phenoxy) is 3. The van der Waals surface area contributed by atoms with E-state index in [2.05, 4.69) is 16.0 Å². The van der Waals surface area contributed by atoms with Crippen molar-refractivity contribution in [2.45, 2.75) is 102 Å². The molecule has 2 aliphatic rings. The van der Waals surface area contributed by atoms with Crippen LogP contribution in [0.25, 0.3) is 0 Å². The second kappa shape index (κ2) is 15.6. The lowest BCUT2D eigenvalue weighted by Gasteiger charge is -2.29. The minimum atomic E-state index is -1.07. The summed E-state index contributed by atoms with van der Waals surface area (Å²) in [5.41, 5.74) is 0.0837. The number of nitrogens with one attached hydrogen (secondary N) is 3. The molecule has 2 fully saturated rings. The topological polar surface area (TPSA) is 156 Å². The number of benzene rings is 2. The fourth-order valence-corrected chi connectivity index (χ4v) is 5.57. The minimum Gasteiger partial charge on any atom is -0.497 e. The summed E-state index contributed by atoms with van der Waals surface area (Å²) in [6, 6.07) is 13.0. The van der Waals surface area contributed by atoms with Gasteiger partial charge in [0, 0.05) is 13.0 Å². The number of hydrogen-bond acceptors (Lipinski definition) is 8. The van der Waals surface area contributed by atoms with E-state index in [0.29, 0.717) is 38.0 Å². The quantitative estimate of drug-likeness (QED) is 0.260. The molecule has 3 N–H and O–H groups in total. The Labute approximate surface area is 282 Å². The van der Waals surface area contributed by atoms with Gasteiger partial charge in [-0.3, -0.25) is 24.1 Å². The summed E-state index contributed by atoms with van der Waals surface area (Å²) >= 11 is 0. The van der Waals surface area contributed by atoms with Gasteiger partial charge in [-0.2, -0.15) is 0 Å². The molecule has 4 amide bonds. The number of carbonyl (C=O) groups is 5. The first-order chi connectivity index (χ1) is 22.7. The normalized spacial score (nSPS) is 20.5. The molecule has 4 rings (SSSR count). The van der Waals surface area contributed by atoms with E-state index >= 15 is 0 Å². The van der Waals surface area contributed by atoms with Crippen molar-refractivity contribution in [2.24, 2.45) is 0 Å². The number of Topliss-reactive ketones (excluding diaryl/α,β-unsaturated/α-hetero) is 1. The molecule has 0 unspecified atom stereocenters. The van der Waals surface area contributed by atoms with Gasteiger partial charge in [0.25, 0.3) is 0 Å². The highest BCUT2D eigenvalue weighted by molar-refractivity contribution is 5.98. The molecule has 0 aliphatic carbocycles. The molecule has 0 saturated carbocycles. The number of likely N-dealkylation sites (tertiary alicyclic amines) is 1. The molecule has 260 valence electrons. The van der Waals surface area contributed by atoms with E-state index in [1.807, 2.05) is 30.3 Å². The fraction of sp³-hybridized carbons (Fsp3) is 0.528. The zero-order chi connectivity index (χ0) is 35.1. The van der Waals surface area contributed by atoms with E-state index < -0.39 is 59.2 Å². The highest BCUT2D eigenvalue weighted by Crippen LogP contribution is 2.29. The largest absolute Gasteiger partial charge is 0.497 e. The van der Waals surface area contributed by atoms with Crippen LogP contribution >= 0.6 is 0 Å². The van der Waals surface area contributed by atoms with E-state index in [9.17, 15) is 24.0 Å². The molecular formula is C36H48N4O8. The van der Waals surface area contributed by atoms with Crippen molar-refractivity contribution in [2.75, 3.05) is 20.3 Å². The zero-order valence-electron chi connectivity index (χ0n) is 28.7. The Bertz CT molecular complexity index is 1450. The number of nitrogens with zero attached hydrogens (tertiary/aromatic N) is 1. The summed E-state index contributed by atoms with van der Waals surface area (Å²) in [5, 5.41) is 8.37. The predicted molar refractivity (Wildman–Crippen MR) is 178 cm³/mol. The van der Waals surface area contributed by atoms with Gasteiger partial charge in [0.2, 0.25) is 17.7 Å². The number of hydrogen-bond donors (Lipinski definition) is 3. The van der Waals surface area contributed by atoms with E-state index in [1.54, 1.807) is 59.1 Å². The van der Waals surface area contributed by atoms with Crippen LogP contribution in [0.2, 0.25) is 0 Å². The number of amides is 4. The number of rotatable bonds is 14. The Kier molecular flexibility index (Phi) is 11.9. The Morgan fingerprint density at radius 3 is 2.19 bits per heavy atom. The molecule has 2 aromatic carbocycles. The van der Waals surface area contributed by atoms with Crippen molar-refractivity contribution in [3.8, 4) is 5.75 Å². The van der Waals surface area contributed by atoms with Crippen LogP contribution in [0, 0.1) is 0 Å². The lowest BCUT2D eigenvalue weighted by Crippen LogP contribution is -2.58. The Morgan fingerprint density at radius 2 is 1.58 bits per heavy atom. The van der Waals surface area contributed by atoms with Crippen molar-refractivity contribution in [3.05, 3.63) is 65.7 Å². The van der Waals surface area contributed by atoms with Crippen molar-refractivity contribution >= 4 is 29.6 Å². The molecule has 12 nitrogen and oxygen atoms in total. The van der Waals surface area contributed by atoms with E-state index in [1.165, 1.54) is 11.8 Å². The maximum atomic E-state index is 13.9. The third-order valence-electron chi connectivity index (χ3n) is 8.46. The van der Waals surface area contributed by atoms with Crippen LogP contribution in [0.1, 0.15) is 65.0 Å². The summed E-state index contributed by atoms with van der Waals surface area (Å²) in [5.74, 6) is -1.21. The van der Waals surface area contributed by atoms with Gasteiger partial charge < -0.3 is 30.2 Å². The second-order valence-electron chi connectivity index (χ2n) is 13.6. The molecule has 2 heterocycles. The van der Waals surface area contributed by atoms with Gasteiger partial charge in [0.05, 0.1) is 19.8 Å². The van der Waals surface area contributed by atoms with Gasteiger partial charge in [-0.15, -0.1) is 0 Å². The van der Waals surface area contributed by atoms with Gasteiger partial charge in [-0.1, -0.05) is 42.5 Å². The lowest BCUT2D eigenvalue weighted by atomic mass is 9.94. The lowest BCUT2D eigenvalue weighted by molar-refractivity contribution is -0.134. The molecule has 5 atom stereocenters. The maximum Gasteiger partial charge on any atom is 0.410 e. The number of methoxy groups -OCH3 is 1. The molecular weight excluding hydrogens is 616 g/mol. The van der Waals surface area contributed by atoms with Gasteiger partial charge in [0.15, 0.2) is 5.78 Å². The molecule has 0 radical (unpaired) electrons. The Balaban J connectivity index is 1.47. The third kappa shape index (κ3) is 10.0. The molecule has 12 heteroatoms. The molecule has 2 aliphatic heterocycles. The van der Waals surface area contributed by atoms with Crippen molar-refractivity contribution in [3.63, 3.8) is 0 Å². The minimum absolute atomic E-state index is 0.116. The monoisotopic (exact) mass is 664 g/mol. The summed E-state index contributed by atoms with van der Waals surface area (Å²) < 4.78 is 16.1. The van der Waals surface area contributed by atoms with Gasteiger partial charge in [-0.25, -0.2) is 4.79 Å². The highest BCUT2D eigenvalue weighted by Gasteiger charge is 2.50. The Hall–Kier alpha value is -4.45. The van der Waals surface area contributed by atoms with Crippen molar-refractivity contribution in [1.82, 2.24) is 20.9 Å². The Morgan fingerprint density at radius 1 is 0.938 bits per heavy atom. The number of ketones is 1. The van der Waals surface area contributed by atoms with Crippen LogP contribution in [0.15, 0.2) is 54.6 Å².